The topological polar surface area (TPSA) is 74.0 Å². The Kier molecular flexibility index (Phi) is 5.41. The van der Waals surface area contributed by atoms with Crippen molar-refractivity contribution in [3.8, 4) is 0 Å². The quantitative estimate of drug-likeness (QED) is 0.653. The second-order valence-corrected chi connectivity index (χ2v) is 5.52. The van der Waals surface area contributed by atoms with Crippen molar-refractivity contribution in [3.63, 3.8) is 0 Å². The van der Waals surface area contributed by atoms with Crippen molar-refractivity contribution in [2.75, 3.05) is 39.8 Å². The van der Waals surface area contributed by atoms with Gasteiger partial charge in [0.1, 0.15) is 5.76 Å². The highest BCUT2D eigenvalue weighted by atomic mass is 16.5. The first kappa shape index (κ1) is 16.3. The van der Waals surface area contributed by atoms with Crippen LogP contribution >= 0.6 is 0 Å². The van der Waals surface area contributed by atoms with E-state index in [1.165, 1.54) is 0 Å². The molecule has 0 aliphatic carbocycles. The summed E-state index contributed by atoms with van der Waals surface area (Å²) in [6, 6.07) is 0. The number of nitrogens with one attached hydrogen (secondary N) is 1. The van der Waals surface area contributed by atoms with Crippen LogP contribution in [0.3, 0.4) is 0 Å². The van der Waals surface area contributed by atoms with E-state index < -0.39 is 0 Å². The fourth-order valence-electron chi connectivity index (χ4n) is 2.72. The lowest BCUT2D eigenvalue weighted by molar-refractivity contribution is -0.130. The van der Waals surface area contributed by atoms with Crippen LogP contribution in [0.25, 0.3) is 0 Å². The monoisotopic (exact) mass is 307 g/mol. The van der Waals surface area contributed by atoms with Crippen LogP contribution < -0.4 is 5.32 Å². The van der Waals surface area contributed by atoms with E-state index in [4.69, 9.17) is 4.52 Å². The van der Waals surface area contributed by atoms with Crippen LogP contribution in [0.5, 0.6) is 0 Å². The third-order valence-corrected chi connectivity index (χ3v) is 4.08. The minimum Gasteiger partial charge on any atom is -0.361 e. The number of aryl methyl sites for hydroxylation is 2. The summed E-state index contributed by atoms with van der Waals surface area (Å²) in [5.41, 5.74) is 2.11. The Hall–Kier alpha value is -2.05. The molecular formula is C15H25N5O2. The number of aliphatic imine (C=N–C) groups is 1. The maximum Gasteiger partial charge on any atom is 0.219 e. The zero-order valence-electron chi connectivity index (χ0n) is 13.8. The first-order chi connectivity index (χ1) is 10.5. The normalized spacial score (nSPS) is 16.1. The average Bonchev–Trinajstić information content (AvgIpc) is 2.83. The molecule has 122 valence electrons. The minimum absolute atomic E-state index is 0.140. The largest absolute Gasteiger partial charge is 0.361 e. The summed E-state index contributed by atoms with van der Waals surface area (Å²) in [4.78, 5) is 19.7. The molecule has 2 heterocycles. The fraction of sp³-hybridized carbons (Fsp3) is 0.667. The van der Waals surface area contributed by atoms with E-state index >= 15 is 0 Å². The van der Waals surface area contributed by atoms with Gasteiger partial charge in [0.2, 0.25) is 5.91 Å². The molecule has 1 aliphatic rings. The van der Waals surface area contributed by atoms with Gasteiger partial charge in [0, 0.05) is 52.3 Å². The van der Waals surface area contributed by atoms with Crippen molar-refractivity contribution >= 4 is 11.9 Å². The molecule has 0 spiro atoms. The number of amides is 1. The average molecular weight is 307 g/mol. The summed E-state index contributed by atoms with van der Waals surface area (Å²) in [6.45, 7) is 9.41. The molecule has 7 heteroatoms. The zero-order valence-corrected chi connectivity index (χ0v) is 13.8. The Labute approximate surface area is 131 Å². The predicted molar refractivity (Wildman–Crippen MR) is 84.9 cm³/mol. The van der Waals surface area contributed by atoms with Crippen molar-refractivity contribution in [2.45, 2.75) is 27.2 Å². The van der Waals surface area contributed by atoms with E-state index in [2.05, 4.69) is 20.4 Å². The highest BCUT2D eigenvalue weighted by Gasteiger charge is 2.20. The molecule has 1 saturated heterocycles. The summed E-state index contributed by atoms with van der Waals surface area (Å²) < 4.78 is 5.17. The van der Waals surface area contributed by atoms with Gasteiger partial charge in [-0.05, 0) is 20.3 Å². The van der Waals surface area contributed by atoms with Crippen molar-refractivity contribution < 1.29 is 9.32 Å². The maximum atomic E-state index is 11.4. The van der Waals surface area contributed by atoms with Crippen molar-refractivity contribution in [1.29, 1.82) is 0 Å². The van der Waals surface area contributed by atoms with Gasteiger partial charge in [-0.2, -0.15) is 0 Å². The molecule has 0 bridgehead atoms. The van der Waals surface area contributed by atoms with Gasteiger partial charge in [0.15, 0.2) is 5.96 Å². The molecule has 0 saturated carbocycles. The number of guanidine groups is 1. The number of rotatable bonds is 3. The molecule has 1 aliphatic heterocycles. The lowest BCUT2D eigenvalue weighted by Gasteiger charge is -2.36. The zero-order chi connectivity index (χ0) is 16.1. The highest BCUT2D eigenvalue weighted by molar-refractivity contribution is 5.80. The van der Waals surface area contributed by atoms with E-state index in [1.54, 1.807) is 14.0 Å². The molecule has 1 aromatic heterocycles. The first-order valence-electron chi connectivity index (χ1n) is 7.65. The molecule has 1 N–H and O–H groups in total. The summed E-state index contributed by atoms with van der Waals surface area (Å²) >= 11 is 0. The van der Waals surface area contributed by atoms with Gasteiger partial charge in [0.25, 0.3) is 0 Å². The number of piperazine rings is 1. The molecule has 1 amide bonds. The number of hydrogen-bond acceptors (Lipinski definition) is 4. The van der Waals surface area contributed by atoms with Crippen LogP contribution in [0.4, 0.5) is 0 Å². The van der Waals surface area contributed by atoms with Crippen molar-refractivity contribution in [2.24, 2.45) is 4.99 Å². The molecule has 0 aromatic carbocycles. The van der Waals surface area contributed by atoms with Gasteiger partial charge in [0.05, 0.1) is 5.69 Å². The van der Waals surface area contributed by atoms with Crippen LogP contribution in [-0.2, 0) is 11.2 Å². The molecular weight excluding hydrogens is 282 g/mol. The maximum absolute atomic E-state index is 11.4. The lowest BCUT2D eigenvalue weighted by Crippen LogP contribution is -2.53. The molecule has 1 aromatic rings. The van der Waals surface area contributed by atoms with E-state index in [1.807, 2.05) is 18.7 Å². The van der Waals surface area contributed by atoms with Gasteiger partial charge >= 0.3 is 0 Å². The van der Waals surface area contributed by atoms with Crippen molar-refractivity contribution in [3.05, 3.63) is 17.0 Å². The van der Waals surface area contributed by atoms with Crippen LogP contribution in [0.15, 0.2) is 9.52 Å². The van der Waals surface area contributed by atoms with Gasteiger partial charge in [-0.3, -0.25) is 9.79 Å². The Morgan fingerprint density at radius 1 is 1.27 bits per heavy atom. The van der Waals surface area contributed by atoms with Crippen LogP contribution in [0, 0.1) is 13.8 Å². The molecule has 0 radical (unpaired) electrons. The third kappa shape index (κ3) is 3.78. The Morgan fingerprint density at radius 3 is 2.41 bits per heavy atom. The van der Waals surface area contributed by atoms with Crippen LogP contribution in [0.2, 0.25) is 0 Å². The van der Waals surface area contributed by atoms with Crippen molar-refractivity contribution in [1.82, 2.24) is 20.3 Å². The van der Waals surface area contributed by atoms with Crippen LogP contribution in [0.1, 0.15) is 23.9 Å². The Balaban J connectivity index is 1.82. The number of hydrogen-bond donors (Lipinski definition) is 1. The molecule has 0 unspecified atom stereocenters. The van der Waals surface area contributed by atoms with Gasteiger partial charge in [-0.1, -0.05) is 5.16 Å². The van der Waals surface area contributed by atoms with E-state index in [9.17, 15) is 4.79 Å². The van der Waals surface area contributed by atoms with Gasteiger partial charge in [-0.25, -0.2) is 0 Å². The predicted octanol–water partition coefficient (Wildman–Crippen LogP) is 0.573. The third-order valence-electron chi connectivity index (χ3n) is 4.08. The van der Waals surface area contributed by atoms with Gasteiger partial charge < -0.3 is 19.6 Å². The van der Waals surface area contributed by atoms with E-state index in [0.29, 0.717) is 0 Å². The Bertz CT molecular complexity index is 525. The summed E-state index contributed by atoms with van der Waals surface area (Å²) in [5, 5.41) is 7.35. The summed E-state index contributed by atoms with van der Waals surface area (Å²) in [6.07, 6.45) is 0.855. The molecule has 7 nitrogen and oxygen atoms in total. The summed E-state index contributed by atoms with van der Waals surface area (Å²) in [5.74, 6) is 1.90. The van der Waals surface area contributed by atoms with Crippen LogP contribution in [-0.4, -0.2) is 66.6 Å². The SMILES string of the molecule is CN=C(NCCc1c(C)noc1C)N1CCN(C(C)=O)CC1. The number of nitrogens with zero attached hydrogens (tertiary/aromatic N) is 4. The molecule has 1 fully saturated rings. The minimum atomic E-state index is 0.140. The fourth-order valence-corrected chi connectivity index (χ4v) is 2.72. The first-order valence-corrected chi connectivity index (χ1v) is 7.65. The van der Waals surface area contributed by atoms with Gasteiger partial charge in [-0.15, -0.1) is 0 Å². The second-order valence-electron chi connectivity index (χ2n) is 5.52. The van der Waals surface area contributed by atoms with E-state index in [-0.39, 0.29) is 5.91 Å². The summed E-state index contributed by atoms with van der Waals surface area (Å²) in [7, 11) is 1.79. The molecule has 22 heavy (non-hydrogen) atoms. The van der Waals surface area contributed by atoms with E-state index in [0.717, 1.165) is 62.1 Å². The Morgan fingerprint density at radius 2 is 1.91 bits per heavy atom. The number of carbonyl (C=O) groups is 1. The number of carbonyl (C=O) groups excluding carboxylic acids is 1. The second kappa shape index (κ2) is 7.29. The molecule has 2 rings (SSSR count). The molecule has 0 atom stereocenters. The number of aromatic nitrogens is 1. The lowest BCUT2D eigenvalue weighted by atomic mass is 10.1. The smallest absolute Gasteiger partial charge is 0.219 e. The highest BCUT2D eigenvalue weighted by Crippen LogP contribution is 2.12. The standard InChI is InChI=1S/C15H25N5O2/c1-11-14(12(2)22-18-11)5-6-17-15(16-4)20-9-7-19(8-10-20)13(3)21/h5-10H2,1-4H3,(H,16,17).